The van der Waals surface area contributed by atoms with Crippen molar-refractivity contribution < 1.29 is 22.7 Å². The van der Waals surface area contributed by atoms with Crippen molar-refractivity contribution in [3.8, 4) is 5.75 Å². The fourth-order valence-electron chi connectivity index (χ4n) is 2.50. The molecule has 0 aromatic heterocycles. The SMILES string of the molecule is COC(=O)[C@H]1CN(S(=O)(=O)/C=C/c2ccccc2)c2ccccc2O1. The van der Waals surface area contributed by atoms with E-state index >= 15 is 0 Å². The number of para-hydroxylation sites is 2. The summed E-state index contributed by atoms with van der Waals surface area (Å²) in [4.78, 5) is 11.8. The van der Waals surface area contributed by atoms with Gasteiger partial charge in [-0.25, -0.2) is 13.2 Å². The van der Waals surface area contributed by atoms with Crippen molar-refractivity contribution in [2.45, 2.75) is 6.10 Å². The first-order chi connectivity index (χ1) is 12.0. The van der Waals surface area contributed by atoms with Crippen LogP contribution in [0.3, 0.4) is 0 Å². The van der Waals surface area contributed by atoms with E-state index in [1.165, 1.54) is 13.2 Å². The molecule has 2 aromatic carbocycles. The number of methoxy groups -OCH3 is 1. The van der Waals surface area contributed by atoms with Crippen molar-refractivity contribution in [1.29, 1.82) is 0 Å². The van der Waals surface area contributed by atoms with E-state index in [1.807, 2.05) is 18.2 Å². The van der Waals surface area contributed by atoms with Crippen LogP contribution in [-0.2, 0) is 19.6 Å². The van der Waals surface area contributed by atoms with Gasteiger partial charge < -0.3 is 9.47 Å². The van der Waals surface area contributed by atoms with Gasteiger partial charge in [-0.3, -0.25) is 4.31 Å². The molecule has 0 aliphatic carbocycles. The summed E-state index contributed by atoms with van der Waals surface area (Å²) in [6.07, 6.45) is 0.500. The topological polar surface area (TPSA) is 72.9 Å². The van der Waals surface area contributed by atoms with Crippen LogP contribution in [0.5, 0.6) is 5.75 Å². The maximum Gasteiger partial charge on any atom is 0.348 e. The molecule has 0 radical (unpaired) electrons. The quantitative estimate of drug-likeness (QED) is 0.784. The second kappa shape index (κ2) is 6.98. The highest BCUT2D eigenvalue weighted by molar-refractivity contribution is 7.95. The van der Waals surface area contributed by atoms with Gasteiger partial charge in [0.25, 0.3) is 10.0 Å². The third-order valence-corrected chi connectivity index (χ3v) is 5.18. The average molecular weight is 359 g/mol. The zero-order valence-corrected chi connectivity index (χ0v) is 14.3. The van der Waals surface area contributed by atoms with Gasteiger partial charge in [0.15, 0.2) is 0 Å². The van der Waals surface area contributed by atoms with Gasteiger partial charge in [-0.2, -0.15) is 0 Å². The molecule has 1 atom stereocenters. The van der Waals surface area contributed by atoms with Crippen molar-refractivity contribution >= 4 is 27.8 Å². The second-order valence-corrected chi connectivity index (χ2v) is 7.13. The molecule has 0 saturated carbocycles. The monoisotopic (exact) mass is 359 g/mol. The van der Waals surface area contributed by atoms with E-state index in [1.54, 1.807) is 36.4 Å². The number of nitrogens with zero attached hydrogens (tertiary/aromatic N) is 1. The zero-order chi connectivity index (χ0) is 17.9. The highest BCUT2D eigenvalue weighted by atomic mass is 32.2. The lowest BCUT2D eigenvalue weighted by atomic mass is 10.2. The van der Waals surface area contributed by atoms with Crippen LogP contribution in [0.25, 0.3) is 6.08 Å². The minimum absolute atomic E-state index is 0.148. The summed E-state index contributed by atoms with van der Waals surface area (Å²) in [5, 5.41) is 1.12. The Labute approximate surface area is 146 Å². The van der Waals surface area contributed by atoms with Crippen molar-refractivity contribution in [2.75, 3.05) is 18.0 Å². The lowest BCUT2D eigenvalue weighted by Gasteiger charge is -2.33. The van der Waals surface area contributed by atoms with Gasteiger partial charge in [-0.1, -0.05) is 42.5 Å². The number of benzene rings is 2. The summed E-state index contributed by atoms with van der Waals surface area (Å²) < 4.78 is 37.0. The fraction of sp³-hybridized carbons (Fsp3) is 0.167. The standard InChI is InChI=1S/C18H17NO5S/c1-23-18(20)17-13-19(15-9-5-6-10-16(15)24-17)25(21,22)12-11-14-7-3-2-4-8-14/h2-12,17H,13H2,1H3/b12-11+/t17-/m1/s1. The zero-order valence-electron chi connectivity index (χ0n) is 13.5. The minimum Gasteiger partial charge on any atom is -0.475 e. The van der Waals surface area contributed by atoms with E-state index < -0.39 is 22.1 Å². The van der Waals surface area contributed by atoms with Gasteiger partial charge in [0, 0.05) is 0 Å². The lowest BCUT2D eigenvalue weighted by molar-refractivity contribution is -0.148. The van der Waals surface area contributed by atoms with E-state index in [9.17, 15) is 13.2 Å². The van der Waals surface area contributed by atoms with E-state index in [4.69, 9.17) is 9.47 Å². The minimum atomic E-state index is -3.80. The normalized spacial score (nSPS) is 17.0. The van der Waals surface area contributed by atoms with Crippen molar-refractivity contribution in [1.82, 2.24) is 0 Å². The number of carbonyl (C=O) groups excluding carboxylic acids is 1. The predicted molar refractivity (Wildman–Crippen MR) is 94.6 cm³/mol. The van der Waals surface area contributed by atoms with Crippen LogP contribution in [0.4, 0.5) is 5.69 Å². The number of hydrogen-bond acceptors (Lipinski definition) is 5. The summed E-state index contributed by atoms with van der Waals surface area (Å²) in [5.41, 5.74) is 1.15. The van der Waals surface area contributed by atoms with Gasteiger partial charge in [0.05, 0.1) is 24.7 Å². The molecule has 1 heterocycles. The Morgan fingerprint density at radius 2 is 1.84 bits per heavy atom. The van der Waals surface area contributed by atoms with Crippen LogP contribution < -0.4 is 9.04 Å². The summed E-state index contributed by atoms with van der Waals surface area (Å²) >= 11 is 0. The lowest BCUT2D eigenvalue weighted by Crippen LogP contribution is -2.46. The van der Waals surface area contributed by atoms with Crippen molar-refractivity contribution in [3.05, 3.63) is 65.6 Å². The Morgan fingerprint density at radius 3 is 2.56 bits per heavy atom. The number of fused-ring (bicyclic) bond motifs is 1. The molecule has 130 valence electrons. The predicted octanol–water partition coefficient (Wildman–Crippen LogP) is 2.43. The Morgan fingerprint density at radius 1 is 1.16 bits per heavy atom. The van der Waals surface area contributed by atoms with Crippen molar-refractivity contribution in [2.24, 2.45) is 0 Å². The molecule has 1 aliphatic rings. The fourth-order valence-corrected chi connectivity index (χ4v) is 3.74. The molecule has 0 amide bonds. The molecular formula is C18H17NO5S. The maximum atomic E-state index is 12.8. The van der Waals surface area contributed by atoms with Crippen LogP contribution in [0.2, 0.25) is 0 Å². The van der Waals surface area contributed by atoms with Gasteiger partial charge >= 0.3 is 5.97 Å². The Balaban J connectivity index is 1.96. The van der Waals surface area contributed by atoms with E-state index in [2.05, 4.69) is 0 Å². The molecule has 25 heavy (non-hydrogen) atoms. The molecule has 1 aliphatic heterocycles. The molecule has 0 fully saturated rings. The average Bonchev–Trinajstić information content (AvgIpc) is 2.65. The molecular weight excluding hydrogens is 342 g/mol. The van der Waals surface area contributed by atoms with Crippen LogP contribution in [0.15, 0.2) is 60.0 Å². The van der Waals surface area contributed by atoms with Crippen LogP contribution >= 0.6 is 0 Å². The van der Waals surface area contributed by atoms with Gasteiger partial charge in [0.2, 0.25) is 6.10 Å². The number of anilines is 1. The Kier molecular flexibility index (Phi) is 4.76. The van der Waals surface area contributed by atoms with Gasteiger partial charge in [-0.05, 0) is 23.8 Å². The second-order valence-electron chi connectivity index (χ2n) is 5.39. The molecule has 0 bridgehead atoms. The first kappa shape index (κ1) is 17.0. The molecule has 3 rings (SSSR count). The summed E-state index contributed by atoms with van der Waals surface area (Å²) in [5.74, 6) is -0.303. The van der Waals surface area contributed by atoms with Crippen LogP contribution in [-0.4, -0.2) is 34.1 Å². The largest absolute Gasteiger partial charge is 0.475 e. The Hall–Kier alpha value is -2.80. The third kappa shape index (κ3) is 3.66. The number of hydrogen-bond donors (Lipinski definition) is 0. The molecule has 0 saturated heterocycles. The van der Waals surface area contributed by atoms with E-state index in [-0.39, 0.29) is 6.54 Å². The van der Waals surface area contributed by atoms with E-state index in [0.717, 1.165) is 15.3 Å². The first-order valence-corrected chi connectivity index (χ1v) is 9.11. The molecule has 7 heteroatoms. The number of esters is 1. The molecule has 2 aromatic rings. The van der Waals surface area contributed by atoms with Crippen molar-refractivity contribution in [3.63, 3.8) is 0 Å². The molecule has 6 nitrogen and oxygen atoms in total. The number of carbonyl (C=O) groups is 1. The number of ether oxygens (including phenoxy) is 2. The van der Waals surface area contributed by atoms with Gasteiger partial charge in [-0.15, -0.1) is 0 Å². The third-order valence-electron chi connectivity index (χ3n) is 3.74. The first-order valence-electron chi connectivity index (χ1n) is 7.60. The van der Waals surface area contributed by atoms with Crippen LogP contribution in [0.1, 0.15) is 5.56 Å². The number of rotatable bonds is 4. The van der Waals surface area contributed by atoms with Gasteiger partial charge in [0.1, 0.15) is 5.75 Å². The number of sulfonamides is 1. The molecule has 0 spiro atoms. The maximum absolute atomic E-state index is 12.8. The Bertz CT molecular complexity index is 893. The smallest absolute Gasteiger partial charge is 0.348 e. The summed E-state index contributed by atoms with van der Waals surface area (Å²) in [7, 11) is -2.57. The highest BCUT2D eigenvalue weighted by Crippen LogP contribution is 2.35. The molecule has 0 N–H and O–H groups in total. The summed E-state index contributed by atoms with van der Waals surface area (Å²) in [6.45, 7) is -0.148. The molecule has 0 unspecified atom stereocenters. The highest BCUT2D eigenvalue weighted by Gasteiger charge is 2.36. The van der Waals surface area contributed by atoms with E-state index in [0.29, 0.717) is 11.4 Å². The summed E-state index contributed by atoms with van der Waals surface area (Å²) in [6, 6.07) is 15.8. The van der Waals surface area contributed by atoms with Crippen LogP contribution in [0, 0.1) is 0 Å².